The maximum absolute atomic E-state index is 12.3. The number of aromatic nitrogens is 4. The zero-order valence-corrected chi connectivity index (χ0v) is 22.7. The Morgan fingerprint density at radius 3 is 2.72 bits per heavy atom. The van der Waals surface area contributed by atoms with Gasteiger partial charge in [-0.3, -0.25) is 9.48 Å². The number of hydrogen-bond acceptors (Lipinski definition) is 8. The fourth-order valence-electron chi connectivity index (χ4n) is 4.64. The van der Waals surface area contributed by atoms with E-state index in [1.54, 1.807) is 12.3 Å². The Morgan fingerprint density at radius 1 is 1.10 bits per heavy atom. The normalized spacial score (nSPS) is 13.8. The molecule has 0 saturated heterocycles. The van der Waals surface area contributed by atoms with Crippen LogP contribution in [0.5, 0.6) is 5.75 Å². The second kappa shape index (κ2) is 10.7. The Morgan fingerprint density at radius 2 is 1.92 bits per heavy atom. The Hall–Kier alpha value is -4.44. The van der Waals surface area contributed by atoms with Gasteiger partial charge in [0, 0.05) is 47.9 Å². The highest BCUT2D eigenvalue weighted by Crippen LogP contribution is 2.33. The summed E-state index contributed by atoms with van der Waals surface area (Å²) in [6, 6.07) is 13.0. The number of carbonyl (C=O) groups is 1. The van der Waals surface area contributed by atoms with Crippen LogP contribution in [-0.4, -0.2) is 62.8 Å². The SMILES string of the molecule is CN(C)CCn1cc(-c2cnc(Nc3ccc4c(c3)C(C)(C)NC4=O)nc2NCCc2ccccc2O)cn1. The van der Waals surface area contributed by atoms with Crippen LogP contribution in [-0.2, 0) is 18.5 Å². The fraction of sp³-hybridized carbons (Fsp3) is 0.310. The number of phenols is 1. The fourth-order valence-corrected chi connectivity index (χ4v) is 4.64. The highest BCUT2D eigenvalue weighted by molar-refractivity contribution is 6.00. The van der Waals surface area contributed by atoms with Gasteiger partial charge < -0.3 is 26.0 Å². The van der Waals surface area contributed by atoms with Gasteiger partial charge in [0.25, 0.3) is 5.91 Å². The lowest BCUT2D eigenvalue weighted by Gasteiger charge is -2.19. The molecule has 4 aromatic rings. The van der Waals surface area contributed by atoms with Gasteiger partial charge >= 0.3 is 0 Å². The minimum atomic E-state index is -0.447. The summed E-state index contributed by atoms with van der Waals surface area (Å²) in [5.41, 5.74) is 4.56. The summed E-state index contributed by atoms with van der Waals surface area (Å²) >= 11 is 0. The minimum absolute atomic E-state index is 0.0655. The third kappa shape index (κ3) is 5.85. The number of carbonyl (C=O) groups excluding carboxylic acids is 1. The van der Waals surface area contributed by atoms with E-state index in [0.29, 0.717) is 30.3 Å². The molecule has 0 radical (unpaired) electrons. The summed E-state index contributed by atoms with van der Waals surface area (Å²) in [6.07, 6.45) is 6.23. The van der Waals surface area contributed by atoms with Crippen LogP contribution in [0, 0.1) is 0 Å². The summed E-state index contributed by atoms with van der Waals surface area (Å²) in [4.78, 5) is 23.8. The lowest BCUT2D eigenvalue weighted by molar-refractivity contribution is 0.0940. The van der Waals surface area contributed by atoms with Crippen molar-refractivity contribution in [2.45, 2.75) is 32.4 Å². The molecule has 202 valence electrons. The smallest absolute Gasteiger partial charge is 0.252 e. The van der Waals surface area contributed by atoms with E-state index in [1.807, 2.05) is 81.4 Å². The van der Waals surface area contributed by atoms with Crippen LogP contribution in [0.3, 0.4) is 0 Å². The number of benzene rings is 2. The number of rotatable bonds is 10. The summed E-state index contributed by atoms with van der Waals surface area (Å²) in [5.74, 6) is 1.30. The number of para-hydroxylation sites is 1. The van der Waals surface area contributed by atoms with E-state index >= 15 is 0 Å². The van der Waals surface area contributed by atoms with Crippen LogP contribution >= 0.6 is 0 Å². The molecule has 10 heteroatoms. The van der Waals surface area contributed by atoms with Gasteiger partial charge in [-0.2, -0.15) is 10.1 Å². The predicted octanol–water partition coefficient (Wildman–Crippen LogP) is 3.98. The highest BCUT2D eigenvalue weighted by Gasteiger charge is 2.35. The Kier molecular flexibility index (Phi) is 7.21. The molecule has 0 fully saturated rings. The van der Waals surface area contributed by atoms with Crippen molar-refractivity contribution in [3.8, 4) is 16.9 Å². The summed E-state index contributed by atoms with van der Waals surface area (Å²) < 4.78 is 1.91. The molecule has 0 saturated carbocycles. The maximum atomic E-state index is 12.3. The van der Waals surface area contributed by atoms with E-state index in [2.05, 4.69) is 30.9 Å². The zero-order chi connectivity index (χ0) is 27.6. The van der Waals surface area contributed by atoms with Crippen molar-refractivity contribution in [1.82, 2.24) is 30.0 Å². The molecule has 3 heterocycles. The average Bonchev–Trinajstić information content (AvgIpc) is 3.45. The molecule has 0 bridgehead atoms. The summed E-state index contributed by atoms with van der Waals surface area (Å²) in [5, 5.41) is 24.4. The molecule has 0 spiro atoms. The van der Waals surface area contributed by atoms with Crippen LogP contribution < -0.4 is 16.0 Å². The van der Waals surface area contributed by atoms with Crippen LogP contribution in [0.4, 0.5) is 17.5 Å². The van der Waals surface area contributed by atoms with Crippen molar-refractivity contribution >= 4 is 23.4 Å². The van der Waals surface area contributed by atoms with Crippen LogP contribution in [0.2, 0.25) is 0 Å². The van der Waals surface area contributed by atoms with E-state index in [1.165, 1.54) is 0 Å². The lowest BCUT2D eigenvalue weighted by atomic mass is 9.94. The average molecular weight is 527 g/mol. The predicted molar refractivity (Wildman–Crippen MR) is 152 cm³/mol. The molecule has 2 aromatic carbocycles. The largest absolute Gasteiger partial charge is 0.508 e. The van der Waals surface area contributed by atoms with E-state index in [0.717, 1.165) is 41.0 Å². The topological polar surface area (TPSA) is 120 Å². The van der Waals surface area contributed by atoms with Crippen molar-refractivity contribution in [3.63, 3.8) is 0 Å². The van der Waals surface area contributed by atoms with E-state index in [4.69, 9.17) is 4.98 Å². The number of fused-ring (bicyclic) bond motifs is 1. The van der Waals surface area contributed by atoms with Crippen molar-refractivity contribution < 1.29 is 9.90 Å². The van der Waals surface area contributed by atoms with Crippen molar-refractivity contribution in [2.24, 2.45) is 0 Å². The number of anilines is 3. The second-order valence-corrected chi connectivity index (χ2v) is 10.5. The van der Waals surface area contributed by atoms with Gasteiger partial charge in [-0.05, 0) is 69.8 Å². The quantitative estimate of drug-likeness (QED) is 0.245. The number of phenolic OH excluding ortho intramolecular Hbond substituents is 1. The van der Waals surface area contributed by atoms with Crippen LogP contribution in [0.25, 0.3) is 11.1 Å². The molecule has 1 amide bonds. The molecule has 0 unspecified atom stereocenters. The molecular weight excluding hydrogens is 492 g/mol. The molecule has 1 aliphatic heterocycles. The molecule has 5 rings (SSSR count). The number of likely N-dealkylation sites (N-methyl/N-ethyl adjacent to an activating group) is 1. The first kappa shape index (κ1) is 26.2. The molecule has 39 heavy (non-hydrogen) atoms. The van der Waals surface area contributed by atoms with Gasteiger partial charge in [0.05, 0.1) is 18.3 Å². The number of hydrogen-bond donors (Lipinski definition) is 4. The summed E-state index contributed by atoms with van der Waals surface area (Å²) in [7, 11) is 4.07. The first-order valence-electron chi connectivity index (χ1n) is 13.0. The number of amides is 1. The first-order valence-corrected chi connectivity index (χ1v) is 13.0. The number of nitrogens with one attached hydrogen (secondary N) is 3. The molecular formula is C29H34N8O2. The standard InChI is InChI=1S/C29H34N8O2/c1-29(2)24-15-21(9-10-22(24)27(39)35-29)33-28-31-17-23(20-16-32-37(18-20)14-13-36(3)4)26(34-28)30-12-11-19-7-5-6-8-25(19)38/h5-10,15-18,38H,11-14H2,1-4H3,(H,35,39)(H2,30,31,33,34). The third-order valence-corrected chi connectivity index (χ3v) is 6.81. The lowest BCUT2D eigenvalue weighted by Crippen LogP contribution is -2.32. The number of aromatic hydroxyl groups is 1. The molecule has 0 atom stereocenters. The van der Waals surface area contributed by atoms with Gasteiger partial charge in [0.1, 0.15) is 11.6 Å². The van der Waals surface area contributed by atoms with Gasteiger partial charge in [0.15, 0.2) is 0 Å². The second-order valence-electron chi connectivity index (χ2n) is 10.5. The Balaban J connectivity index is 1.40. The molecule has 4 N–H and O–H groups in total. The minimum Gasteiger partial charge on any atom is -0.508 e. The van der Waals surface area contributed by atoms with Crippen molar-refractivity contribution in [3.05, 3.63) is 77.7 Å². The number of nitrogens with zero attached hydrogens (tertiary/aromatic N) is 5. The van der Waals surface area contributed by atoms with Crippen molar-refractivity contribution in [2.75, 3.05) is 37.8 Å². The highest BCUT2D eigenvalue weighted by atomic mass is 16.3. The van der Waals surface area contributed by atoms with Crippen LogP contribution in [0.15, 0.2) is 61.1 Å². The monoisotopic (exact) mass is 526 g/mol. The van der Waals surface area contributed by atoms with E-state index < -0.39 is 5.54 Å². The molecule has 1 aliphatic rings. The molecule has 2 aromatic heterocycles. The van der Waals surface area contributed by atoms with Gasteiger partial charge in [-0.25, -0.2) is 4.98 Å². The third-order valence-electron chi connectivity index (χ3n) is 6.81. The first-order chi connectivity index (χ1) is 18.7. The molecule has 0 aliphatic carbocycles. The Bertz CT molecular complexity index is 1490. The maximum Gasteiger partial charge on any atom is 0.252 e. The van der Waals surface area contributed by atoms with Crippen molar-refractivity contribution in [1.29, 1.82) is 0 Å². The molecule has 10 nitrogen and oxygen atoms in total. The van der Waals surface area contributed by atoms with E-state index in [-0.39, 0.29) is 11.7 Å². The van der Waals surface area contributed by atoms with Crippen LogP contribution in [0.1, 0.15) is 35.3 Å². The Labute approximate surface area is 228 Å². The van der Waals surface area contributed by atoms with Gasteiger partial charge in [0.2, 0.25) is 5.95 Å². The summed E-state index contributed by atoms with van der Waals surface area (Å²) in [6.45, 7) is 6.19. The van der Waals surface area contributed by atoms with Gasteiger partial charge in [-0.1, -0.05) is 18.2 Å². The van der Waals surface area contributed by atoms with E-state index in [9.17, 15) is 9.90 Å². The zero-order valence-electron chi connectivity index (χ0n) is 22.7. The van der Waals surface area contributed by atoms with Gasteiger partial charge in [-0.15, -0.1) is 0 Å².